The molecule has 0 radical (unpaired) electrons. The Morgan fingerprint density at radius 1 is 1.27 bits per heavy atom. The van der Waals surface area contributed by atoms with Crippen molar-refractivity contribution in [1.29, 1.82) is 0 Å². The molecule has 1 N–H and O–H groups in total. The Balaban J connectivity index is 2.97. The van der Waals surface area contributed by atoms with Crippen molar-refractivity contribution >= 4 is 15.9 Å². The highest BCUT2D eigenvalue weighted by molar-refractivity contribution is 9.10. The Bertz CT molecular complexity index is 326. The molecule has 0 unspecified atom stereocenters. The maximum absolute atomic E-state index is 8.76. The van der Waals surface area contributed by atoms with E-state index in [2.05, 4.69) is 15.9 Å². The highest BCUT2D eigenvalue weighted by Gasteiger charge is 2.09. The first-order valence-corrected chi connectivity index (χ1v) is 5.53. The first-order chi connectivity index (χ1) is 7.22. The van der Waals surface area contributed by atoms with Gasteiger partial charge in [0.15, 0.2) is 11.5 Å². The number of hydrogen-bond acceptors (Lipinski definition) is 3. The van der Waals surface area contributed by atoms with Crippen LogP contribution >= 0.6 is 15.9 Å². The Kier molecular flexibility index (Phi) is 4.91. The minimum atomic E-state index is 0.200. The maximum atomic E-state index is 8.76. The van der Waals surface area contributed by atoms with Gasteiger partial charge in [0.05, 0.1) is 18.7 Å². The highest BCUT2D eigenvalue weighted by atomic mass is 79.9. The first-order valence-electron chi connectivity index (χ1n) is 4.74. The zero-order valence-electron chi connectivity index (χ0n) is 8.92. The van der Waals surface area contributed by atoms with Crippen LogP contribution in [0.5, 0.6) is 11.5 Å². The fraction of sp³-hybridized carbons (Fsp3) is 0.455. The molecule has 3 nitrogen and oxygen atoms in total. The van der Waals surface area contributed by atoms with Gasteiger partial charge in [-0.15, -0.1) is 0 Å². The van der Waals surface area contributed by atoms with Gasteiger partial charge in [-0.25, -0.2) is 0 Å². The van der Waals surface area contributed by atoms with Gasteiger partial charge >= 0.3 is 0 Å². The van der Waals surface area contributed by atoms with Gasteiger partial charge in [0, 0.05) is 6.61 Å². The van der Waals surface area contributed by atoms with Crippen molar-refractivity contribution in [3.8, 4) is 11.5 Å². The van der Waals surface area contributed by atoms with Crippen LogP contribution in [0.15, 0.2) is 16.6 Å². The Morgan fingerprint density at radius 3 is 2.53 bits per heavy atom. The number of ether oxygens (including phenoxy) is 2. The molecule has 15 heavy (non-hydrogen) atoms. The molecule has 0 bridgehead atoms. The van der Waals surface area contributed by atoms with Gasteiger partial charge in [0.1, 0.15) is 0 Å². The second-order valence-corrected chi connectivity index (χ2v) is 3.99. The van der Waals surface area contributed by atoms with Crippen LogP contribution in [0.4, 0.5) is 0 Å². The van der Waals surface area contributed by atoms with Crippen molar-refractivity contribution in [3.05, 3.63) is 22.2 Å². The summed E-state index contributed by atoms with van der Waals surface area (Å²) < 4.78 is 11.3. The van der Waals surface area contributed by atoms with E-state index in [1.54, 1.807) is 14.2 Å². The van der Waals surface area contributed by atoms with E-state index in [0.717, 1.165) is 22.9 Å². The van der Waals surface area contributed by atoms with Crippen LogP contribution in [0.3, 0.4) is 0 Å². The lowest BCUT2D eigenvalue weighted by molar-refractivity contribution is 0.288. The van der Waals surface area contributed by atoms with E-state index in [0.29, 0.717) is 11.5 Å². The quantitative estimate of drug-likeness (QED) is 0.896. The number of hydrogen-bond donors (Lipinski definition) is 1. The molecule has 84 valence electrons. The standard InChI is InChI=1S/C11H15BrO3/c1-14-10-7-8(4-3-5-13)6-9(12)11(10)15-2/h6-7,13H,3-5H2,1-2H3. The minimum Gasteiger partial charge on any atom is -0.493 e. The summed E-state index contributed by atoms with van der Waals surface area (Å²) in [5.41, 5.74) is 1.12. The van der Waals surface area contributed by atoms with Crippen molar-refractivity contribution in [2.45, 2.75) is 12.8 Å². The molecule has 0 aliphatic carbocycles. The predicted octanol–water partition coefficient (Wildman–Crippen LogP) is 2.39. The average molecular weight is 275 g/mol. The maximum Gasteiger partial charge on any atom is 0.174 e. The van der Waals surface area contributed by atoms with E-state index in [4.69, 9.17) is 14.6 Å². The van der Waals surface area contributed by atoms with Gasteiger partial charge < -0.3 is 14.6 Å². The van der Waals surface area contributed by atoms with Crippen LogP contribution in [0.25, 0.3) is 0 Å². The summed E-state index contributed by atoms with van der Waals surface area (Å²) in [6.07, 6.45) is 1.58. The van der Waals surface area contributed by atoms with Gasteiger partial charge in [0.25, 0.3) is 0 Å². The number of rotatable bonds is 5. The minimum absolute atomic E-state index is 0.200. The lowest BCUT2D eigenvalue weighted by Crippen LogP contribution is -1.95. The van der Waals surface area contributed by atoms with Crippen molar-refractivity contribution < 1.29 is 14.6 Å². The third-order valence-corrected chi connectivity index (χ3v) is 2.71. The monoisotopic (exact) mass is 274 g/mol. The summed E-state index contributed by atoms with van der Waals surface area (Å²) in [7, 11) is 3.22. The van der Waals surface area contributed by atoms with E-state index in [9.17, 15) is 0 Å². The lowest BCUT2D eigenvalue weighted by Gasteiger charge is -2.11. The van der Waals surface area contributed by atoms with E-state index in [1.165, 1.54) is 0 Å². The van der Waals surface area contributed by atoms with Crippen LogP contribution in [-0.4, -0.2) is 25.9 Å². The van der Waals surface area contributed by atoms with Crippen molar-refractivity contribution in [2.24, 2.45) is 0 Å². The molecule has 1 aromatic carbocycles. The zero-order chi connectivity index (χ0) is 11.3. The molecule has 0 saturated carbocycles. The van der Waals surface area contributed by atoms with Crippen LogP contribution in [-0.2, 0) is 6.42 Å². The molecule has 0 heterocycles. The summed E-state index contributed by atoms with van der Waals surface area (Å²) >= 11 is 3.42. The molecule has 4 heteroatoms. The smallest absolute Gasteiger partial charge is 0.174 e. The summed E-state index contributed by atoms with van der Waals surface area (Å²) in [6.45, 7) is 0.200. The van der Waals surface area contributed by atoms with Crippen molar-refractivity contribution in [1.82, 2.24) is 0 Å². The normalized spacial score (nSPS) is 10.1. The van der Waals surface area contributed by atoms with Gasteiger partial charge in [-0.1, -0.05) is 0 Å². The molecule has 0 aliphatic heterocycles. The van der Waals surface area contributed by atoms with Gasteiger partial charge in [-0.05, 0) is 46.5 Å². The van der Waals surface area contributed by atoms with E-state index in [-0.39, 0.29) is 6.61 Å². The molecule has 0 atom stereocenters. The Labute approximate surface area is 98.1 Å². The van der Waals surface area contributed by atoms with E-state index < -0.39 is 0 Å². The molecule has 0 aromatic heterocycles. The topological polar surface area (TPSA) is 38.7 Å². The number of benzene rings is 1. The first kappa shape index (κ1) is 12.3. The molecular weight excluding hydrogens is 260 g/mol. The second kappa shape index (κ2) is 5.98. The predicted molar refractivity (Wildman–Crippen MR) is 62.7 cm³/mol. The van der Waals surface area contributed by atoms with Crippen LogP contribution in [0.1, 0.15) is 12.0 Å². The average Bonchev–Trinajstić information content (AvgIpc) is 2.25. The number of aliphatic hydroxyl groups is 1. The van der Waals surface area contributed by atoms with Gasteiger partial charge in [0.2, 0.25) is 0 Å². The molecule has 0 aliphatic rings. The molecule has 1 aromatic rings. The third kappa shape index (κ3) is 3.11. The fourth-order valence-electron chi connectivity index (χ4n) is 1.40. The summed E-state index contributed by atoms with van der Waals surface area (Å²) in [6, 6.07) is 3.91. The molecule has 0 saturated heterocycles. The van der Waals surface area contributed by atoms with Gasteiger partial charge in [-0.3, -0.25) is 0 Å². The van der Waals surface area contributed by atoms with Crippen molar-refractivity contribution in [2.75, 3.05) is 20.8 Å². The SMILES string of the molecule is COc1cc(CCCO)cc(Br)c1OC. The Morgan fingerprint density at radius 2 is 2.00 bits per heavy atom. The molecule has 1 rings (SSSR count). The lowest BCUT2D eigenvalue weighted by atomic mass is 10.1. The zero-order valence-corrected chi connectivity index (χ0v) is 10.5. The number of halogens is 1. The molecule has 0 spiro atoms. The number of aliphatic hydroxyl groups excluding tert-OH is 1. The fourth-order valence-corrected chi connectivity index (χ4v) is 2.05. The summed E-state index contributed by atoms with van der Waals surface area (Å²) in [4.78, 5) is 0. The molecule has 0 amide bonds. The second-order valence-electron chi connectivity index (χ2n) is 3.14. The van der Waals surface area contributed by atoms with E-state index in [1.807, 2.05) is 12.1 Å². The summed E-state index contributed by atoms with van der Waals surface area (Å²) in [5, 5.41) is 8.76. The molecular formula is C11H15BrO3. The van der Waals surface area contributed by atoms with Crippen LogP contribution in [0, 0.1) is 0 Å². The number of methoxy groups -OCH3 is 2. The molecule has 0 fully saturated rings. The van der Waals surface area contributed by atoms with Crippen LogP contribution in [0.2, 0.25) is 0 Å². The largest absolute Gasteiger partial charge is 0.493 e. The van der Waals surface area contributed by atoms with Crippen LogP contribution < -0.4 is 9.47 Å². The third-order valence-electron chi connectivity index (χ3n) is 2.12. The van der Waals surface area contributed by atoms with E-state index >= 15 is 0 Å². The highest BCUT2D eigenvalue weighted by Crippen LogP contribution is 2.36. The number of aryl methyl sites for hydroxylation is 1. The van der Waals surface area contributed by atoms with Gasteiger partial charge in [-0.2, -0.15) is 0 Å². The Hall–Kier alpha value is -0.740. The summed E-state index contributed by atoms with van der Waals surface area (Å²) in [5.74, 6) is 1.41. The van der Waals surface area contributed by atoms with Crippen molar-refractivity contribution in [3.63, 3.8) is 0 Å².